The monoisotopic (exact) mass is 342 g/mol. The normalized spacial score (nSPS) is 12.9. The Bertz CT molecular complexity index is 191. The van der Waals surface area contributed by atoms with E-state index in [9.17, 15) is 4.79 Å². The summed E-state index contributed by atoms with van der Waals surface area (Å²) >= 11 is 18.0. The van der Waals surface area contributed by atoms with Gasteiger partial charge in [-0.3, -0.25) is 4.79 Å². The van der Waals surface area contributed by atoms with Crippen LogP contribution < -0.4 is 0 Å². The van der Waals surface area contributed by atoms with Gasteiger partial charge in [0.15, 0.2) is 0 Å². The van der Waals surface area contributed by atoms with E-state index in [-0.39, 0.29) is 0 Å². The second-order valence-electron chi connectivity index (χ2n) is 1.81. The van der Waals surface area contributed by atoms with E-state index in [1.54, 1.807) is 0 Å². The lowest BCUT2D eigenvalue weighted by Crippen LogP contribution is -2.16. The third-order valence-electron chi connectivity index (χ3n) is 0.965. The predicted molar refractivity (Wildman–Crippen MR) is 59.3 cm³/mol. The van der Waals surface area contributed by atoms with Crippen LogP contribution in [0.3, 0.4) is 0 Å². The molecule has 0 aromatic heterocycles. The van der Waals surface area contributed by atoms with E-state index < -0.39 is 9.58 Å². The number of ether oxygens (including phenoxy) is 1. The van der Waals surface area contributed by atoms with E-state index in [1.165, 1.54) is 13.2 Å². The minimum absolute atomic E-state index is 0.479. The maximum atomic E-state index is 11.0. The van der Waals surface area contributed by atoms with Crippen LogP contribution in [0.1, 0.15) is 0 Å². The van der Waals surface area contributed by atoms with Gasteiger partial charge in [0.25, 0.3) is 3.79 Å². The molecule has 0 saturated carbocycles. The van der Waals surface area contributed by atoms with Crippen LogP contribution >= 0.6 is 57.4 Å². The van der Waals surface area contributed by atoms with Crippen molar-refractivity contribution in [2.75, 3.05) is 11.5 Å². The summed E-state index contributed by atoms with van der Waals surface area (Å²) in [6.45, 7) is 0. The average Bonchev–Trinajstić information content (AvgIpc) is 1.97. The Morgan fingerprint density at radius 2 is 2.08 bits per heavy atom. The van der Waals surface area contributed by atoms with Crippen LogP contribution in [0.15, 0.2) is 11.8 Å². The second kappa shape index (κ2) is 5.52. The maximum absolute atomic E-state index is 11.0. The van der Waals surface area contributed by atoms with Gasteiger partial charge in [0.1, 0.15) is 5.76 Å². The molecule has 0 aromatic carbocycles. The van der Waals surface area contributed by atoms with Gasteiger partial charge in [-0.15, -0.1) is 0 Å². The first-order valence-electron chi connectivity index (χ1n) is 2.83. The van der Waals surface area contributed by atoms with Crippen molar-refractivity contribution in [3.63, 3.8) is 0 Å². The maximum Gasteiger partial charge on any atom is 0.252 e. The van der Waals surface area contributed by atoms with Crippen molar-refractivity contribution >= 4 is 63.2 Å². The molecule has 0 saturated heterocycles. The van der Waals surface area contributed by atoms with Gasteiger partial charge >= 0.3 is 0 Å². The molecule has 0 fully saturated rings. The lowest BCUT2D eigenvalue weighted by atomic mass is 10.3. The molecule has 70 valence electrons. The van der Waals surface area contributed by atoms with Crippen molar-refractivity contribution in [2.45, 2.75) is 3.79 Å². The summed E-state index contributed by atoms with van der Waals surface area (Å²) in [4.78, 5) is 11.0. The summed E-state index contributed by atoms with van der Waals surface area (Å²) in [6.07, 6.45) is 1.18. The predicted octanol–water partition coefficient (Wildman–Crippen LogP) is 2.89. The van der Waals surface area contributed by atoms with Gasteiger partial charge in [-0.05, 0) is 0 Å². The van der Waals surface area contributed by atoms with E-state index in [4.69, 9.17) is 39.5 Å². The first-order valence-corrected chi connectivity index (χ1v) is 5.49. The van der Waals surface area contributed by atoms with Gasteiger partial charge in [-0.1, -0.05) is 57.4 Å². The first kappa shape index (κ1) is 12.8. The number of methoxy groups -OCH3 is 1. The van der Waals surface area contributed by atoms with Crippen molar-refractivity contribution in [3.8, 4) is 0 Å². The Morgan fingerprint density at radius 3 is 2.33 bits per heavy atom. The summed E-state index contributed by atoms with van der Waals surface area (Å²) in [6, 6.07) is 0. The summed E-state index contributed by atoms with van der Waals surface area (Å²) in [5.41, 5.74) is 0. The molecule has 0 radical (unpaired) electrons. The Hall–Kier alpha value is 0.810. The van der Waals surface area contributed by atoms with E-state index >= 15 is 0 Å². The zero-order chi connectivity index (χ0) is 9.78. The van der Waals surface area contributed by atoms with Crippen molar-refractivity contribution in [3.05, 3.63) is 11.8 Å². The minimum atomic E-state index is -1.89. The summed E-state index contributed by atoms with van der Waals surface area (Å²) in [5, 5.41) is 0. The molecule has 0 rings (SSSR count). The van der Waals surface area contributed by atoms with Gasteiger partial charge in [0.05, 0.1) is 11.5 Å². The summed E-state index contributed by atoms with van der Waals surface area (Å²) in [7, 11) is 1.45. The SMILES string of the molecule is CO/C(=C/C(=O)C(Cl)(Cl)Cl)CI. The summed E-state index contributed by atoms with van der Waals surface area (Å²) in [5.74, 6) is -0.118. The smallest absolute Gasteiger partial charge is 0.252 e. The third kappa shape index (κ3) is 4.74. The molecule has 0 aliphatic rings. The molecule has 0 unspecified atom stereocenters. The van der Waals surface area contributed by atoms with Gasteiger partial charge in [0, 0.05) is 6.08 Å². The molecule has 0 bridgehead atoms. The number of hydrogen-bond acceptors (Lipinski definition) is 2. The fourth-order valence-corrected chi connectivity index (χ4v) is 1.08. The number of carbonyl (C=O) groups excluding carboxylic acids is 1. The lowest BCUT2D eigenvalue weighted by molar-refractivity contribution is -0.114. The molecule has 0 spiro atoms. The minimum Gasteiger partial charge on any atom is -0.500 e. The zero-order valence-corrected chi connectivity index (χ0v) is 10.5. The number of rotatable bonds is 3. The summed E-state index contributed by atoms with van der Waals surface area (Å²) < 4.78 is 3.49. The van der Waals surface area contributed by atoms with Crippen molar-refractivity contribution in [2.24, 2.45) is 0 Å². The molecular weight excluding hydrogens is 337 g/mol. The van der Waals surface area contributed by atoms with Gasteiger partial charge in [-0.25, -0.2) is 0 Å². The number of allylic oxidation sites excluding steroid dienone is 2. The highest BCUT2D eigenvalue weighted by Crippen LogP contribution is 2.28. The third-order valence-corrected chi connectivity index (χ3v) is 2.28. The Morgan fingerprint density at radius 1 is 1.58 bits per heavy atom. The standard InChI is InChI=1S/C6H6Cl3IO2/c1-12-4(3-10)2-5(11)6(7,8)9/h2H,3H2,1H3/b4-2+. The molecule has 0 heterocycles. The fourth-order valence-electron chi connectivity index (χ4n) is 0.380. The molecule has 0 aromatic rings. The topological polar surface area (TPSA) is 26.3 Å². The Balaban J connectivity index is 4.42. The van der Waals surface area contributed by atoms with Crippen LogP contribution in [0.25, 0.3) is 0 Å². The van der Waals surface area contributed by atoms with E-state index in [0.717, 1.165) is 0 Å². The van der Waals surface area contributed by atoms with Crippen LogP contribution in [0.5, 0.6) is 0 Å². The highest BCUT2D eigenvalue weighted by atomic mass is 127. The quantitative estimate of drug-likeness (QED) is 0.341. The molecule has 12 heavy (non-hydrogen) atoms. The van der Waals surface area contributed by atoms with Gasteiger partial charge in [0.2, 0.25) is 5.78 Å². The fraction of sp³-hybridized carbons (Fsp3) is 0.500. The lowest BCUT2D eigenvalue weighted by Gasteiger charge is -2.06. The largest absolute Gasteiger partial charge is 0.500 e. The highest BCUT2D eigenvalue weighted by molar-refractivity contribution is 14.1. The molecule has 0 amide bonds. The van der Waals surface area contributed by atoms with Crippen LogP contribution in [-0.4, -0.2) is 21.1 Å². The average molecular weight is 343 g/mol. The Kier molecular flexibility index (Phi) is 5.89. The Labute approximate surface area is 99.3 Å². The van der Waals surface area contributed by atoms with Crippen molar-refractivity contribution in [1.29, 1.82) is 0 Å². The molecule has 0 atom stereocenters. The number of alkyl halides is 4. The van der Waals surface area contributed by atoms with Crippen molar-refractivity contribution < 1.29 is 9.53 Å². The van der Waals surface area contributed by atoms with Gasteiger partial charge < -0.3 is 4.74 Å². The molecule has 0 aliphatic heterocycles. The molecular formula is C6H6Cl3IO2. The first-order chi connectivity index (χ1) is 5.41. The zero-order valence-electron chi connectivity index (χ0n) is 6.11. The molecule has 0 N–H and O–H groups in total. The van der Waals surface area contributed by atoms with Crippen molar-refractivity contribution in [1.82, 2.24) is 0 Å². The van der Waals surface area contributed by atoms with Crippen LogP contribution in [0, 0.1) is 0 Å². The van der Waals surface area contributed by atoms with E-state index in [1.807, 2.05) is 22.6 Å². The van der Waals surface area contributed by atoms with Crippen LogP contribution in [0.2, 0.25) is 0 Å². The van der Waals surface area contributed by atoms with Crippen LogP contribution in [-0.2, 0) is 9.53 Å². The number of carbonyl (C=O) groups is 1. The molecule has 6 heteroatoms. The number of ketones is 1. The molecule has 0 aliphatic carbocycles. The van der Waals surface area contributed by atoms with E-state index in [0.29, 0.717) is 10.2 Å². The van der Waals surface area contributed by atoms with Gasteiger partial charge in [-0.2, -0.15) is 0 Å². The molecule has 2 nitrogen and oxygen atoms in total. The highest BCUT2D eigenvalue weighted by Gasteiger charge is 2.28. The second-order valence-corrected chi connectivity index (χ2v) is 4.85. The van der Waals surface area contributed by atoms with E-state index in [2.05, 4.69) is 0 Å². The van der Waals surface area contributed by atoms with Crippen LogP contribution in [0.4, 0.5) is 0 Å². The number of hydrogen-bond donors (Lipinski definition) is 0. The number of halogens is 4.